The second kappa shape index (κ2) is 10.8. The number of ether oxygens (including phenoxy) is 3. The van der Waals surface area contributed by atoms with E-state index in [0.717, 1.165) is 44.8 Å². The van der Waals surface area contributed by atoms with E-state index in [-0.39, 0.29) is 0 Å². The van der Waals surface area contributed by atoms with Gasteiger partial charge in [0, 0.05) is 13.7 Å². The molecule has 0 N–H and O–H groups in total. The number of unbranched alkanes of at least 4 members (excludes halogenated alkanes) is 1. The minimum Gasteiger partial charge on any atom is -0.494 e. The highest BCUT2D eigenvalue weighted by molar-refractivity contribution is 5.27. The predicted molar refractivity (Wildman–Crippen MR) is 92.8 cm³/mol. The maximum absolute atomic E-state index is 5.74. The summed E-state index contributed by atoms with van der Waals surface area (Å²) >= 11 is 0. The van der Waals surface area contributed by atoms with Crippen LogP contribution in [0.3, 0.4) is 0 Å². The molecule has 0 heterocycles. The second-order valence-electron chi connectivity index (χ2n) is 5.48. The standard InChI is InChI=1S/C20H26O3/c1-21-16-13-18-9-11-20(12-10-18)23-15-6-5-14-22-17-19-7-3-2-4-8-19/h2-4,7-12H,5-6,13-17H2,1H3. The van der Waals surface area contributed by atoms with Gasteiger partial charge in [-0.25, -0.2) is 0 Å². The van der Waals surface area contributed by atoms with Gasteiger partial charge >= 0.3 is 0 Å². The molecular weight excluding hydrogens is 288 g/mol. The zero-order valence-electron chi connectivity index (χ0n) is 13.9. The van der Waals surface area contributed by atoms with E-state index in [2.05, 4.69) is 24.3 Å². The summed E-state index contributed by atoms with van der Waals surface area (Å²) in [4.78, 5) is 0. The van der Waals surface area contributed by atoms with E-state index in [0.29, 0.717) is 6.61 Å². The third-order valence-corrected chi connectivity index (χ3v) is 3.58. The fourth-order valence-corrected chi connectivity index (χ4v) is 2.23. The Morgan fingerprint density at radius 1 is 0.739 bits per heavy atom. The number of hydrogen-bond donors (Lipinski definition) is 0. The van der Waals surface area contributed by atoms with Crippen LogP contribution in [0, 0.1) is 0 Å². The van der Waals surface area contributed by atoms with Gasteiger partial charge < -0.3 is 14.2 Å². The lowest BCUT2D eigenvalue weighted by atomic mass is 10.1. The fraction of sp³-hybridized carbons (Fsp3) is 0.400. The van der Waals surface area contributed by atoms with E-state index in [1.165, 1.54) is 11.1 Å². The molecule has 0 saturated heterocycles. The summed E-state index contributed by atoms with van der Waals surface area (Å²) in [6, 6.07) is 18.5. The summed E-state index contributed by atoms with van der Waals surface area (Å²) in [5.74, 6) is 0.927. The number of hydrogen-bond acceptors (Lipinski definition) is 3. The van der Waals surface area contributed by atoms with Crippen LogP contribution in [0.15, 0.2) is 54.6 Å². The molecule has 3 nitrogen and oxygen atoms in total. The topological polar surface area (TPSA) is 27.7 Å². The van der Waals surface area contributed by atoms with Crippen LogP contribution in [-0.2, 0) is 22.5 Å². The van der Waals surface area contributed by atoms with E-state index in [9.17, 15) is 0 Å². The summed E-state index contributed by atoms with van der Waals surface area (Å²) in [5, 5.41) is 0. The lowest BCUT2D eigenvalue weighted by Crippen LogP contribution is -2.01. The maximum Gasteiger partial charge on any atom is 0.119 e. The van der Waals surface area contributed by atoms with Crippen molar-refractivity contribution in [2.24, 2.45) is 0 Å². The number of benzene rings is 2. The van der Waals surface area contributed by atoms with Gasteiger partial charge in [0.2, 0.25) is 0 Å². The Bertz CT molecular complexity index is 522. The molecule has 0 unspecified atom stereocenters. The van der Waals surface area contributed by atoms with Crippen LogP contribution in [0.5, 0.6) is 5.75 Å². The van der Waals surface area contributed by atoms with Crippen LogP contribution in [-0.4, -0.2) is 26.9 Å². The van der Waals surface area contributed by atoms with Crippen molar-refractivity contribution in [3.63, 3.8) is 0 Å². The van der Waals surface area contributed by atoms with Gasteiger partial charge in [-0.2, -0.15) is 0 Å². The number of methoxy groups -OCH3 is 1. The van der Waals surface area contributed by atoms with Gasteiger partial charge in [-0.1, -0.05) is 42.5 Å². The largest absolute Gasteiger partial charge is 0.494 e. The van der Waals surface area contributed by atoms with Crippen LogP contribution in [0.1, 0.15) is 24.0 Å². The third-order valence-electron chi connectivity index (χ3n) is 3.58. The Morgan fingerprint density at radius 2 is 1.48 bits per heavy atom. The molecule has 3 heteroatoms. The average Bonchev–Trinajstić information content (AvgIpc) is 2.61. The zero-order valence-corrected chi connectivity index (χ0v) is 13.9. The molecule has 0 aliphatic heterocycles. The summed E-state index contributed by atoms with van der Waals surface area (Å²) in [5.41, 5.74) is 2.49. The first-order valence-corrected chi connectivity index (χ1v) is 8.21. The Kier molecular flexibility index (Phi) is 8.23. The third kappa shape index (κ3) is 7.31. The first kappa shape index (κ1) is 17.5. The lowest BCUT2D eigenvalue weighted by Gasteiger charge is -2.08. The van der Waals surface area contributed by atoms with Crippen molar-refractivity contribution < 1.29 is 14.2 Å². The molecular formula is C20H26O3. The van der Waals surface area contributed by atoms with Gasteiger partial charge in [0.25, 0.3) is 0 Å². The molecule has 0 radical (unpaired) electrons. The quantitative estimate of drug-likeness (QED) is 0.580. The molecule has 0 atom stereocenters. The van der Waals surface area contributed by atoms with E-state index in [4.69, 9.17) is 14.2 Å². The highest BCUT2D eigenvalue weighted by Gasteiger charge is 1.97. The highest BCUT2D eigenvalue weighted by Crippen LogP contribution is 2.13. The van der Waals surface area contributed by atoms with E-state index >= 15 is 0 Å². The number of rotatable bonds is 11. The molecule has 0 aliphatic carbocycles. The van der Waals surface area contributed by atoms with Crippen LogP contribution in [0.25, 0.3) is 0 Å². The van der Waals surface area contributed by atoms with Gasteiger partial charge in [0.05, 0.1) is 19.8 Å². The van der Waals surface area contributed by atoms with Gasteiger partial charge in [-0.05, 0) is 42.5 Å². The van der Waals surface area contributed by atoms with Crippen molar-refractivity contribution in [3.8, 4) is 5.75 Å². The molecule has 0 aliphatic rings. The minimum absolute atomic E-state index is 0.685. The summed E-state index contributed by atoms with van der Waals surface area (Å²) in [6.07, 6.45) is 2.95. The maximum atomic E-state index is 5.74. The van der Waals surface area contributed by atoms with E-state index in [1.54, 1.807) is 7.11 Å². The molecule has 2 aromatic carbocycles. The molecule has 0 fully saturated rings. The summed E-state index contributed by atoms with van der Waals surface area (Å²) < 4.78 is 16.5. The molecule has 2 aromatic rings. The normalized spacial score (nSPS) is 10.7. The van der Waals surface area contributed by atoms with Gasteiger partial charge in [-0.3, -0.25) is 0 Å². The minimum atomic E-state index is 0.685. The molecule has 0 aromatic heterocycles. The summed E-state index contributed by atoms with van der Waals surface area (Å²) in [6.45, 7) is 2.94. The Labute approximate surface area is 139 Å². The molecule has 23 heavy (non-hydrogen) atoms. The molecule has 124 valence electrons. The molecule has 0 spiro atoms. The van der Waals surface area contributed by atoms with Crippen molar-refractivity contribution >= 4 is 0 Å². The molecule has 0 amide bonds. The average molecular weight is 314 g/mol. The van der Waals surface area contributed by atoms with Gasteiger partial charge in [0.1, 0.15) is 5.75 Å². The van der Waals surface area contributed by atoms with Crippen molar-refractivity contribution in [2.45, 2.75) is 25.9 Å². The highest BCUT2D eigenvalue weighted by atomic mass is 16.5. The van der Waals surface area contributed by atoms with E-state index in [1.807, 2.05) is 30.3 Å². The van der Waals surface area contributed by atoms with Crippen molar-refractivity contribution in [1.29, 1.82) is 0 Å². The van der Waals surface area contributed by atoms with Crippen LogP contribution < -0.4 is 4.74 Å². The van der Waals surface area contributed by atoms with Crippen molar-refractivity contribution in [1.82, 2.24) is 0 Å². The summed E-state index contributed by atoms with van der Waals surface area (Å²) in [7, 11) is 1.72. The van der Waals surface area contributed by atoms with Crippen LogP contribution in [0.2, 0.25) is 0 Å². The first-order chi connectivity index (χ1) is 11.4. The van der Waals surface area contributed by atoms with Gasteiger partial charge in [-0.15, -0.1) is 0 Å². The second-order valence-corrected chi connectivity index (χ2v) is 5.48. The van der Waals surface area contributed by atoms with Gasteiger partial charge in [0.15, 0.2) is 0 Å². The van der Waals surface area contributed by atoms with Crippen molar-refractivity contribution in [2.75, 3.05) is 26.9 Å². The Morgan fingerprint density at radius 3 is 2.22 bits per heavy atom. The van der Waals surface area contributed by atoms with E-state index < -0.39 is 0 Å². The predicted octanol–water partition coefficient (Wildman–Crippen LogP) is 4.25. The molecule has 0 saturated carbocycles. The SMILES string of the molecule is COCCc1ccc(OCCCCOCc2ccccc2)cc1. The Balaban J connectivity index is 1.51. The Hall–Kier alpha value is -1.84. The zero-order chi connectivity index (χ0) is 16.2. The molecule has 2 rings (SSSR count). The molecule has 0 bridgehead atoms. The monoisotopic (exact) mass is 314 g/mol. The van der Waals surface area contributed by atoms with Crippen LogP contribution in [0.4, 0.5) is 0 Å². The van der Waals surface area contributed by atoms with Crippen LogP contribution >= 0.6 is 0 Å². The lowest BCUT2D eigenvalue weighted by molar-refractivity contribution is 0.113. The fourth-order valence-electron chi connectivity index (χ4n) is 2.23. The smallest absolute Gasteiger partial charge is 0.119 e. The first-order valence-electron chi connectivity index (χ1n) is 8.21. The van der Waals surface area contributed by atoms with Crippen molar-refractivity contribution in [3.05, 3.63) is 65.7 Å².